The summed E-state index contributed by atoms with van der Waals surface area (Å²) in [6, 6.07) is 4.56. The molecule has 0 spiro atoms. The standard InChI is InChI=1S/C16H22O2/c1-10-5-11(16(4)7-12(16)8-17)6-13-14(10)18-9-15(13,2)3/h5-6,12,17H,7-9H2,1-4H3/t12-,16-/m1/s1. The van der Waals surface area contributed by atoms with Gasteiger partial charge in [0.25, 0.3) is 0 Å². The lowest BCUT2D eigenvalue weighted by molar-refractivity contribution is 0.265. The van der Waals surface area contributed by atoms with E-state index < -0.39 is 0 Å². The van der Waals surface area contributed by atoms with Gasteiger partial charge in [0.1, 0.15) is 5.75 Å². The van der Waals surface area contributed by atoms with Crippen LogP contribution < -0.4 is 4.74 Å². The molecule has 0 unspecified atom stereocenters. The van der Waals surface area contributed by atoms with Gasteiger partial charge in [-0.2, -0.15) is 0 Å². The van der Waals surface area contributed by atoms with Crippen molar-refractivity contribution in [1.82, 2.24) is 0 Å². The first-order valence-corrected chi connectivity index (χ1v) is 6.78. The average molecular weight is 246 g/mol. The Bertz CT molecular complexity index is 504. The van der Waals surface area contributed by atoms with Gasteiger partial charge >= 0.3 is 0 Å². The van der Waals surface area contributed by atoms with E-state index in [0.717, 1.165) is 18.8 Å². The minimum atomic E-state index is 0.107. The molecule has 0 saturated heterocycles. The summed E-state index contributed by atoms with van der Waals surface area (Å²) in [5, 5.41) is 9.34. The highest BCUT2D eigenvalue weighted by molar-refractivity contribution is 5.53. The molecule has 2 nitrogen and oxygen atoms in total. The van der Waals surface area contributed by atoms with Crippen LogP contribution in [0.4, 0.5) is 0 Å². The summed E-state index contributed by atoms with van der Waals surface area (Å²) in [7, 11) is 0. The minimum absolute atomic E-state index is 0.107. The van der Waals surface area contributed by atoms with E-state index in [1.54, 1.807) is 0 Å². The second-order valence-corrected chi connectivity index (χ2v) is 6.84. The van der Waals surface area contributed by atoms with E-state index in [2.05, 4.69) is 39.8 Å². The summed E-state index contributed by atoms with van der Waals surface area (Å²) in [6.07, 6.45) is 1.10. The number of benzene rings is 1. The second-order valence-electron chi connectivity index (χ2n) is 6.84. The van der Waals surface area contributed by atoms with E-state index in [0.29, 0.717) is 12.5 Å². The van der Waals surface area contributed by atoms with E-state index in [9.17, 15) is 5.11 Å². The molecule has 18 heavy (non-hydrogen) atoms. The molecule has 98 valence electrons. The largest absolute Gasteiger partial charge is 0.492 e. The summed E-state index contributed by atoms with van der Waals surface area (Å²) in [4.78, 5) is 0. The minimum Gasteiger partial charge on any atom is -0.492 e. The van der Waals surface area contributed by atoms with Crippen LogP contribution in [0.2, 0.25) is 0 Å². The smallest absolute Gasteiger partial charge is 0.126 e. The predicted molar refractivity (Wildman–Crippen MR) is 72.2 cm³/mol. The number of hydrogen-bond donors (Lipinski definition) is 1. The van der Waals surface area contributed by atoms with Gasteiger partial charge in [-0.15, -0.1) is 0 Å². The van der Waals surface area contributed by atoms with Gasteiger partial charge in [-0.1, -0.05) is 32.9 Å². The molecular formula is C16H22O2. The summed E-state index contributed by atoms with van der Waals surface area (Å²) in [5.41, 5.74) is 4.22. The van der Waals surface area contributed by atoms with Gasteiger partial charge < -0.3 is 9.84 Å². The SMILES string of the molecule is Cc1cc([C@@]2(C)C[C@@H]2CO)cc2c1OCC2(C)C. The number of aliphatic hydroxyl groups excluding tert-OH is 1. The molecule has 1 aliphatic heterocycles. The predicted octanol–water partition coefficient (Wildman–Crippen LogP) is 2.93. The molecular weight excluding hydrogens is 224 g/mol. The van der Waals surface area contributed by atoms with E-state index in [4.69, 9.17) is 4.74 Å². The van der Waals surface area contributed by atoms with Crippen molar-refractivity contribution in [2.24, 2.45) is 5.92 Å². The Morgan fingerprint density at radius 3 is 2.67 bits per heavy atom. The molecule has 0 radical (unpaired) electrons. The molecule has 1 N–H and O–H groups in total. The zero-order valence-electron chi connectivity index (χ0n) is 11.7. The number of fused-ring (bicyclic) bond motifs is 1. The zero-order chi connectivity index (χ0) is 13.1. The zero-order valence-corrected chi connectivity index (χ0v) is 11.7. The van der Waals surface area contributed by atoms with E-state index in [1.807, 2.05) is 0 Å². The fourth-order valence-corrected chi connectivity index (χ4v) is 3.20. The van der Waals surface area contributed by atoms with Crippen LogP contribution >= 0.6 is 0 Å². The van der Waals surface area contributed by atoms with Crippen LogP contribution in [0.15, 0.2) is 12.1 Å². The van der Waals surface area contributed by atoms with Gasteiger partial charge in [0.15, 0.2) is 0 Å². The fraction of sp³-hybridized carbons (Fsp3) is 0.625. The van der Waals surface area contributed by atoms with Gasteiger partial charge in [0, 0.05) is 17.6 Å². The Morgan fingerprint density at radius 2 is 2.06 bits per heavy atom. The van der Waals surface area contributed by atoms with E-state index in [-0.39, 0.29) is 10.8 Å². The van der Waals surface area contributed by atoms with Gasteiger partial charge in [-0.3, -0.25) is 0 Å². The van der Waals surface area contributed by atoms with Crippen LogP contribution in [0, 0.1) is 12.8 Å². The monoisotopic (exact) mass is 246 g/mol. The molecule has 0 bridgehead atoms. The molecule has 2 aliphatic rings. The van der Waals surface area contributed by atoms with Crippen LogP contribution in [0.1, 0.15) is 43.9 Å². The number of aliphatic hydroxyl groups is 1. The molecule has 0 aromatic heterocycles. The number of rotatable bonds is 2. The van der Waals surface area contributed by atoms with Crippen molar-refractivity contribution in [3.05, 3.63) is 28.8 Å². The third-order valence-electron chi connectivity index (χ3n) is 4.87. The summed E-state index contributed by atoms with van der Waals surface area (Å²) >= 11 is 0. The molecule has 3 rings (SSSR count). The first-order chi connectivity index (χ1) is 8.38. The summed E-state index contributed by atoms with van der Waals surface area (Å²) < 4.78 is 5.84. The third kappa shape index (κ3) is 1.51. The van der Waals surface area contributed by atoms with Gasteiger partial charge in [0.05, 0.1) is 6.61 Å². The van der Waals surface area contributed by atoms with Crippen molar-refractivity contribution >= 4 is 0 Å². The molecule has 0 amide bonds. The molecule has 2 atom stereocenters. The van der Waals surface area contributed by atoms with Crippen molar-refractivity contribution in [2.45, 2.75) is 44.9 Å². The topological polar surface area (TPSA) is 29.5 Å². The Kier molecular flexibility index (Phi) is 2.34. The Balaban J connectivity index is 2.08. The molecule has 1 aromatic rings. The van der Waals surface area contributed by atoms with Gasteiger partial charge in [-0.05, 0) is 35.8 Å². The van der Waals surface area contributed by atoms with Gasteiger partial charge in [-0.25, -0.2) is 0 Å². The van der Waals surface area contributed by atoms with Crippen molar-refractivity contribution in [3.8, 4) is 5.75 Å². The first kappa shape index (κ1) is 12.0. The molecule has 2 heteroatoms. The third-order valence-corrected chi connectivity index (χ3v) is 4.87. The van der Waals surface area contributed by atoms with E-state index in [1.165, 1.54) is 16.7 Å². The maximum atomic E-state index is 9.34. The van der Waals surface area contributed by atoms with Crippen LogP contribution in [0.25, 0.3) is 0 Å². The molecule has 1 aromatic carbocycles. The quantitative estimate of drug-likeness (QED) is 0.869. The highest BCUT2D eigenvalue weighted by Gasteiger charge is 2.51. The van der Waals surface area contributed by atoms with Crippen molar-refractivity contribution in [3.63, 3.8) is 0 Å². The summed E-state index contributed by atoms with van der Waals surface area (Å²) in [6.45, 7) is 9.93. The van der Waals surface area contributed by atoms with Crippen molar-refractivity contribution in [1.29, 1.82) is 0 Å². The Morgan fingerprint density at radius 1 is 1.33 bits per heavy atom. The lowest BCUT2D eigenvalue weighted by atomic mass is 9.82. The van der Waals surface area contributed by atoms with Crippen molar-refractivity contribution < 1.29 is 9.84 Å². The Labute approximate surface area is 109 Å². The normalized spacial score (nSPS) is 31.9. The number of hydrogen-bond acceptors (Lipinski definition) is 2. The Hall–Kier alpha value is -1.02. The highest BCUT2D eigenvalue weighted by Crippen LogP contribution is 2.55. The van der Waals surface area contributed by atoms with Crippen LogP contribution in [-0.4, -0.2) is 18.3 Å². The molecule has 1 saturated carbocycles. The summed E-state index contributed by atoms with van der Waals surface area (Å²) in [5.74, 6) is 1.51. The number of aryl methyl sites for hydroxylation is 1. The molecule has 1 fully saturated rings. The highest BCUT2D eigenvalue weighted by atomic mass is 16.5. The maximum Gasteiger partial charge on any atom is 0.126 e. The van der Waals surface area contributed by atoms with Crippen LogP contribution in [0.3, 0.4) is 0 Å². The van der Waals surface area contributed by atoms with E-state index >= 15 is 0 Å². The fourth-order valence-electron chi connectivity index (χ4n) is 3.20. The van der Waals surface area contributed by atoms with Gasteiger partial charge in [0.2, 0.25) is 0 Å². The maximum absolute atomic E-state index is 9.34. The molecule has 1 aliphatic carbocycles. The van der Waals surface area contributed by atoms with Crippen LogP contribution in [0.5, 0.6) is 5.75 Å². The first-order valence-electron chi connectivity index (χ1n) is 6.78. The average Bonchev–Trinajstić information content (AvgIpc) is 2.89. The molecule has 1 heterocycles. The lowest BCUT2D eigenvalue weighted by Gasteiger charge is -2.19. The second kappa shape index (κ2) is 3.51. The van der Waals surface area contributed by atoms with Crippen LogP contribution in [-0.2, 0) is 10.8 Å². The number of ether oxygens (including phenoxy) is 1. The van der Waals surface area contributed by atoms with Crippen molar-refractivity contribution in [2.75, 3.05) is 13.2 Å². The lowest BCUT2D eigenvalue weighted by Crippen LogP contribution is -2.19.